The molecule has 124 valence electrons. The molecule has 0 saturated heterocycles. The van der Waals surface area contributed by atoms with Gasteiger partial charge in [-0.2, -0.15) is 5.10 Å². The second kappa shape index (κ2) is 6.41. The smallest absolute Gasteiger partial charge is 0.175 e. The first-order chi connectivity index (χ1) is 11.0. The molecule has 0 aliphatic carbocycles. The van der Waals surface area contributed by atoms with Crippen molar-refractivity contribution < 1.29 is 8.42 Å². The van der Waals surface area contributed by atoms with Crippen LogP contribution in [0.3, 0.4) is 0 Å². The van der Waals surface area contributed by atoms with Gasteiger partial charge in [0.1, 0.15) is 5.82 Å². The van der Waals surface area contributed by atoms with Gasteiger partial charge in [0.05, 0.1) is 11.4 Å². The highest BCUT2D eigenvalue weighted by molar-refractivity contribution is 7.90. The standard InChI is InChI=1S/C16H22N4O2S/c1-3-15-18-16-9-6-13(11-20(16)19-15)17-10-12-4-7-14(8-5-12)23(2,21)22/h4-5,7-8,13,17H,3,6,9-11H2,1-2H3/t13-/m1/s1. The minimum atomic E-state index is -3.13. The van der Waals surface area contributed by atoms with Crippen LogP contribution in [0.1, 0.15) is 30.6 Å². The van der Waals surface area contributed by atoms with E-state index in [1.807, 2.05) is 16.8 Å². The van der Waals surface area contributed by atoms with Crippen molar-refractivity contribution in [3.8, 4) is 0 Å². The van der Waals surface area contributed by atoms with E-state index in [2.05, 4.69) is 22.3 Å². The molecule has 1 N–H and O–H groups in total. The van der Waals surface area contributed by atoms with Gasteiger partial charge in [-0.05, 0) is 24.1 Å². The Kier molecular flexibility index (Phi) is 4.50. The molecule has 0 amide bonds. The normalized spacial score (nSPS) is 17.9. The van der Waals surface area contributed by atoms with Crippen LogP contribution in [0, 0.1) is 0 Å². The fourth-order valence-electron chi connectivity index (χ4n) is 2.79. The average molecular weight is 334 g/mol. The molecular formula is C16H22N4O2S. The number of rotatable bonds is 5. The number of sulfone groups is 1. The second-order valence-corrected chi connectivity index (χ2v) is 8.03. The summed E-state index contributed by atoms with van der Waals surface area (Å²) in [6, 6.07) is 7.42. The van der Waals surface area contributed by atoms with Gasteiger partial charge in [-0.15, -0.1) is 0 Å². The zero-order valence-electron chi connectivity index (χ0n) is 13.5. The van der Waals surface area contributed by atoms with Crippen molar-refractivity contribution in [1.82, 2.24) is 20.1 Å². The molecule has 6 nitrogen and oxygen atoms in total. The Bertz CT molecular complexity index is 781. The zero-order valence-corrected chi connectivity index (χ0v) is 14.3. The molecule has 2 aromatic rings. The molecule has 23 heavy (non-hydrogen) atoms. The summed E-state index contributed by atoms with van der Waals surface area (Å²) in [5.74, 6) is 1.99. The SMILES string of the molecule is CCc1nc2n(n1)C[C@H](NCc1ccc(S(C)(=O)=O)cc1)CC2. The first-order valence-electron chi connectivity index (χ1n) is 7.90. The van der Waals surface area contributed by atoms with Crippen molar-refractivity contribution in [1.29, 1.82) is 0 Å². The van der Waals surface area contributed by atoms with E-state index in [1.54, 1.807) is 12.1 Å². The van der Waals surface area contributed by atoms with E-state index in [9.17, 15) is 8.42 Å². The third kappa shape index (κ3) is 3.79. The topological polar surface area (TPSA) is 76.9 Å². The van der Waals surface area contributed by atoms with Gasteiger partial charge in [-0.3, -0.25) is 0 Å². The van der Waals surface area contributed by atoms with E-state index in [4.69, 9.17) is 0 Å². The Morgan fingerprint density at radius 3 is 2.70 bits per heavy atom. The van der Waals surface area contributed by atoms with Crippen LogP contribution in [0.5, 0.6) is 0 Å². The lowest BCUT2D eigenvalue weighted by Crippen LogP contribution is -2.37. The number of nitrogens with one attached hydrogen (secondary N) is 1. The minimum Gasteiger partial charge on any atom is -0.308 e. The highest BCUT2D eigenvalue weighted by Crippen LogP contribution is 2.15. The van der Waals surface area contributed by atoms with Crippen molar-refractivity contribution in [2.75, 3.05) is 6.26 Å². The number of aromatic nitrogens is 3. The van der Waals surface area contributed by atoms with Crippen molar-refractivity contribution in [3.63, 3.8) is 0 Å². The zero-order chi connectivity index (χ0) is 16.4. The maximum Gasteiger partial charge on any atom is 0.175 e. The largest absolute Gasteiger partial charge is 0.308 e. The van der Waals surface area contributed by atoms with Crippen LogP contribution in [0.2, 0.25) is 0 Å². The van der Waals surface area contributed by atoms with Crippen molar-refractivity contribution in [2.45, 2.75) is 50.2 Å². The van der Waals surface area contributed by atoms with Crippen LogP contribution in [-0.4, -0.2) is 35.5 Å². The minimum absolute atomic E-state index is 0.360. The number of hydrogen-bond acceptors (Lipinski definition) is 5. The number of benzene rings is 1. The van der Waals surface area contributed by atoms with Gasteiger partial charge in [0, 0.05) is 31.7 Å². The van der Waals surface area contributed by atoms with Crippen molar-refractivity contribution >= 4 is 9.84 Å². The molecule has 1 atom stereocenters. The Hall–Kier alpha value is -1.73. The quantitative estimate of drug-likeness (QED) is 0.893. The van der Waals surface area contributed by atoms with E-state index in [0.29, 0.717) is 10.9 Å². The summed E-state index contributed by atoms with van der Waals surface area (Å²) in [5.41, 5.74) is 1.08. The van der Waals surface area contributed by atoms with E-state index in [0.717, 1.165) is 49.6 Å². The van der Waals surface area contributed by atoms with E-state index >= 15 is 0 Å². The van der Waals surface area contributed by atoms with Crippen LogP contribution in [-0.2, 0) is 35.8 Å². The van der Waals surface area contributed by atoms with Gasteiger partial charge in [-0.25, -0.2) is 18.1 Å². The first-order valence-corrected chi connectivity index (χ1v) is 9.80. The lowest BCUT2D eigenvalue weighted by atomic mass is 10.1. The van der Waals surface area contributed by atoms with Gasteiger partial charge < -0.3 is 5.32 Å². The molecule has 1 aliphatic rings. The predicted molar refractivity (Wildman–Crippen MR) is 87.9 cm³/mol. The first kappa shape index (κ1) is 16.1. The van der Waals surface area contributed by atoms with Crippen LogP contribution < -0.4 is 5.32 Å². The maximum atomic E-state index is 11.5. The molecule has 2 heterocycles. The summed E-state index contributed by atoms with van der Waals surface area (Å²) in [7, 11) is -3.13. The fraction of sp³-hybridized carbons (Fsp3) is 0.500. The number of fused-ring (bicyclic) bond motifs is 1. The summed E-state index contributed by atoms with van der Waals surface area (Å²) in [4.78, 5) is 4.88. The molecule has 1 aliphatic heterocycles. The fourth-order valence-corrected chi connectivity index (χ4v) is 3.42. The van der Waals surface area contributed by atoms with Crippen LogP contribution in [0.4, 0.5) is 0 Å². The second-order valence-electron chi connectivity index (χ2n) is 6.01. The molecule has 1 aromatic carbocycles. The molecule has 0 radical (unpaired) electrons. The number of nitrogens with zero attached hydrogens (tertiary/aromatic N) is 3. The van der Waals surface area contributed by atoms with Gasteiger partial charge >= 0.3 is 0 Å². The van der Waals surface area contributed by atoms with Crippen molar-refractivity contribution in [3.05, 3.63) is 41.5 Å². The molecule has 1 aromatic heterocycles. The summed E-state index contributed by atoms with van der Waals surface area (Å²) in [5, 5.41) is 8.04. The van der Waals surface area contributed by atoms with Crippen LogP contribution >= 0.6 is 0 Å². The molecule has 0 bridgehead atoms. The third-order valence-electron chi connectivity index (χ3n) is 4.16. The summed E-state index contributed by atoms with van der Waals surface area (Å²) in [6.45, 7) is 3.63. The lowest BCUT2D eigenvalue weighted by molar-refractivity contribution is 0.357. The molecule has 3 rings (SSSR count). The predicted octanol–water partition coefficient (Wildman–Crippen LogP) is 1.35. The van der Waals surface area contributed by atoms with E-state index < -0.39 is 9.84 Å². The monoisotopic (exact) mass is 334 g/mol. The summed E-state index contributed by atoms with van der Waals surface area (Å²) in [6.07, 6.45) is 4.08. The molecule has 0 spiro atoms. The number of aryl methyl sites for hydroxylation is 2. The Morgan fingerprint density at radius 1 is 1.30 bits per heavy atom. The molecule has 0 fully saturated rings. The van der Waals surface area contributed by atoms with Gasteiger partial charge in [-0.1, -0.05) is 19.1 Å². The van der Waals surface area contributed by atoms with Gasteiger partial charge in [0.25, 0.3) is 0 Å². The van der Waals surface area contributed by atoms with Crippen molar-refractivity contribution in [2.24, 2.45) is 0 Å². The van der Waals surface area contributed by atoms with Gasteiger partial charge in [0.15, 0.2) is 15.7 Å². The third-order valence-corrected chi connectivity index (χ3v) is 5.29. The summed E-state index contributed by atoms with van der Waals surface area (Å²) < 4.78 is 24.9. The van der Waals surface area contributed by atoms with E-state index in [1.165, 1.54) is 6.26 Å². The number of hydrogen-bond donors (Lipinski definition) is 1. The Morgan fingerprint density at radius 2 is 2.04 bits per heavy atom. The average Bonchev–Trinajstić information content (AvgIpc) is 2.95. The van der Waals surface area contributed by atoms with E-state index in [-0.39, 0.29) is 0 Å². The van der Waals surface area contributed by atoms with Gasteiger partial charge in [0.2, 0.25) is 0 Å². The highest BCUT2D eigenvalue weighted by atomic mass is 32.2. The Labute approximate surface area is 136 Å². The molecule has 0 unspecified atom stereocenters. The maximum absolute atomic E-state index is 11.5. The highest BCUT2D eigenvalue weighted by Gasteiger charge is 2.20. The van der Waals surface area contributed by atoms with Crippen LogP contribution in [0.15, 0.2) is 29.2 Å². The Balaban J connectivity index is 1.59. The molecule has 0 saturated carbocycles. The molecule has 7 heteroatoms. The van der Waals surface area contributed by atoms with Crippen LogP contribution in [0.25, 0.3) is 0 Å². The summed E-state index contributed by atoms with van der Waals surface area (Å²) >= 11 is 0. The molecular weight excluding hydrogens is 312 g/mol. The lowest BCUT2D eigenvalue weighted by Gasteiger charge is -2.23.